The summed E-state index contributed by atoms with van der Waals surface area (Å²) in [5.41, 5.74) is 19.3. The molecule has 4 N–H and O–H groups in total. The van der Waals surface area contributed by atoms with Gasteiger partial charge < -0.3 is 67.3 Å². The van der Waals surface area contributed by atoms with Crippen LogP contribution in [0.25, 0.3) is 83.4 Å². The molecule has 28 nitrogen and oxygen atoms in total. The van der Waals surface area contributed by atoms with Gasteiger partial charge in [0, 0.05) is 98.0 Å². The molecule has 0 aliphatic carbocycles. The largest absolute Gasteiger partial charge is 0.497 e. The highest BCUT2D eigenvalue weighted by atomic mass is 16.5. The number of imidazole rings is 7. The highest BCUT2D eigenvalue weighted by Gasteiger charge is 2.20. The lowest BCUT2D eigenvalue weighted by molar-refractivity contribution is 0.110. The molecule has 0 radical (unpaired) electrons. The van der Waals surface area contributed by atoms with Crippen molar-refractivity contribution < 1.29 is 38.0 Å². The third-order valence-electron chi connectivity index (χ3n) is 16.1. The van der Waals surface area contributed by atoms with Gasteiger partial charge in [-0.2, -0.15) is 15.8 Å². The van der Waals surface area contributed by atoms with E-state index in [4.69, 9.17) is 59.9 Å². The first-order chi connectivity index (χ1) is 49.6. The minimum atomic E-state index is 0.383. The molecule has 0 bridgehead atoms. The lowest BCUT2D eigenvalue weighted by atomic mass is 10.3. The van der Waals surface area contributed by atoms with Crippen LogP contribution >= 0.6 is 0 Å². The predicted molar refractivity (Wildman–Crippen MR) is 397 cm³/mol. The van der Waals surface area contributed by atoms with Crippen LogP contribution in [0.4, 0.5) is 11.6 Å². The number of nitriles is 3. The average molecular weight is 1390 g/mol. The van der Waals surface area contributed by atoms with Crippen LogP contribution in [-0.4, -0.2) is 134 Å². The molecule has 6 aromatic carbocycles. The lowest BCUT2D eigenvalue weighted by Gasteiger charge is -2.04. The van der Waals surface area contributed by atoms with Crippen molar-refractivity contribution in [3.8, 4) is 64.2 Å². The number of hydrogen-bond acceptors (Lipinski definition) is 21. The van der Waals surface area contributed by atoms with E-state index in [-0.39, 0.29) is 0 Å². The van der Waals surface area contributed by atoms with Gasteiger partial charge >= 0.3 is 0 Å². The minimum Gasteiger partial charge on any atom is -0.497 e. The van der Waals surface area contributed by atoms with E-state index >= 15 is 0 Å². The second kappa shape index (κ2) is 34.6. The number of aromatic amines is 1. The standard InChI is InChI=1S/C18H16N6O.2C10H10N2O2.2C10H12N2O.C9H10N2O.C6H5N3.C2H3N/c1-20-17-16(22-15-8-11(10-19)6-7-24(15)17)18-21-13-5-4-12(25-3)9-14(13)23(18)2;1-12-9-4-3-7(14-2)5-8(9)11-10(12)6-13;1-12-9-5-7(14-2)3-4-8(9)11-10(12)6-13;1-7-11-9-6-8(13-3)4-5-10(9)12(7)2;1-7-11-9-5-4-8(13-3)6-10(9)12(7)2;1-6-10-8-4-3-7(12-2)5-9(8)11-6;7-4-5-1-2-9-6(8)3-5;1-2-3/h4-9,20H,1-3H3;2*3-6H,1-2H3;2*4-6H,1-3H3;3-5H,1-2H3,(H,10,11);1-3H,(H2,8,9);1H3. The molecule has 0 atom stereocenters. The van der Waals surface area contributed by atoms with Crippen LogP contribution < -0.4 is 39.5 Å². The van der Waals surface area contributed by atoms with Crippen LogP contribution in [0.15, 0.2) is 146 Å². The second-order valence-corrected chi connectivity index (χ2v) is 22.3. The molecular formula is C75H78N20O8. The van der Waals surface area contributed by atoms with Crippen molar-refractivity contribution in [3.05, 3.63) is 186 Å². The van der Waals surface area contributed by atoms with Gasteiger partial charge in [0.05, 0.1) is 138 Å². The zero-order chi connectivity index (χ0) is 74.6. The Labute approximate surface area is 593 Å². The molecule has 15 aromatic rings. The molecule has 0 saturated heterocycles. The number of carbonyl (C=O) groups is 2. The van der Waals surface area contributed by atoms with Gasteiger partial charge in [0.1, 0.15) is 74.9 Å². The van der Waals surface area contributed by atoms with E-state index in [9.17, 15) is 9.59 Å². The Bertz CT molecular complexity index is 5610. The Hall–Kier alpha value is -13.8. The highest BCUT2D eigenvalue weighted by molar-refractivity contribution is 5.87. The van der Waals surface area contributed by atoms with Crippen molar-refractivity contribution in [3.63, 3.8) is 0 Å². The van der Waals surface area contributed by atoms with E-state index in [0.29, 0.717) is 34.2 Å². The number of aryl methyl sites for hydroxylation is 8. The first-order valence-corrected chi connectivity index (χ1v) is 31.5. The maximum absolute atomic E-state index is 10.6. The summed E-state index contributed by atoms with van der Waals surface area (Å²) in [7, 11) is 21.3. The maximum atomic E-state index is 10.6. The highest BCUT2D eigenvalue weighted by Crippen LogP contribution is 2.32. The number of nitrogens with one attached hydrogen (secondary N) is 2. The molecule has 0 unspecified atom stereocenters. The van der Waals surface area contributed by atoms with Crippen molar-refractivity contribution in [2.75, 3.05) is 60.8 Å². The Kier molecular flexibility index (Phi) is 25.2. The zero-order valence-corrected chi connectivity index (χ0v) is 60.0. The third kappa shape index (κ3) is 17.6. The Balaban J connectivity index is 0.000000155. The topological polar surface area (TPSA) is 347 Å². The molecule has 9 heterocycles. The predicted octanol–water partition coefficient (Wildman–Crippen LogP) is 12.3. The molecule has 15 rings (SSSR count). The number of hydrogen-bond donors (Lipinski definition) is 3. The van der Waals surface area contributed by atoms with E-state index in [2.05, 4.69) is 55.4 Å². The van der Waals surface area contributed by atoms with E-state index in [1.807, 2.05) is 186 Å². The number of fused-ring (bicyclic) bond motifs is 7. The van der Waals surface area contributed by atoms with Gasteiger partial charge in [-0.15, -0.1) is 0 Å². The number of benzene rings is 6. The lowest BCUT2D eigenvalue weighted by Crippen LogP contribution is -1.99. The number of methoxy groups -OCH3 is 6. The van der Waals surface area contributed by atoms with Crippen LogP contribution in [0.5, 0.6) is 34.5 Å². The second-order valence-electron chi connectivity index (χ2n) is 22.3. The fourth-order valence-electron chi connectivity index (χ4n) is 10.5. The van der Waals surface area contributed by atoms with Crippen molar-refractivity contribution in [1.82, 2.24) is 72.1 Å². The average Bonchev–Trinajstić information content (AvgIpc) is 1.60. The van der Waals surface area contributed by atoms with Crippen LogP contribution in [0.3, 0.4) is 0 Å². The number of nitrogens with zero attached hydrogens (tertiary/aromatic N) is 17. The summed E-state index contributed by atoms with van der Waals surface area (Å²) in [6.45, 7) is 7.35. The van der Waals surface area contributed by atoms with Gasteiger partial charge in [-0.05, 0) is 118 Å². The van der Waals surface area contributed by atoms with Crippen LogP contribution in [0, 0.1) is 54.8 Å². The van der Waals surface area contributed by atoms with E-state index in [1.54, 1.807) is 83.1 Å². The molecule has 0 aliphatic rings. The molecule has 9 aromatic heterocycles. The molecule has 0 aliphatic heterocycles. The molecule has 103 heavy (non-hydrogen) atoms. The monoisotopic (exact) mass is 1390 g/mol. The van der Waals surface area contributed by atoms with E-state index in [1.165, 1.54) is 19.2 Å². The molecule has 28 heteroatoms. The smallest absolute Gasteiger partial charge is 0.185 e. The van der Waals surface area contributed by atoms with Gasteiger partial charge in [-0.1, -0.05) is 0 Å². The number of pyridine rings is 2. The maximum Gasteiger partial charge on any atom is 0.185 e. The number of H-pyrrole nitrogens is 1. The summed E-state index contributed by atoms with van der Waals surface area (Å²) in [6.07, 6.45) is 4.83. The van der Waals surface area contributed by atoms with Crippen LogP contribution in [0.2, 0.25) is 0 Å². The molecule has 0 spiro atoms. The number of anilines is 2. The van der Waals surface area contributed by atoms with Crippen molar-refractivity contribution in [2.45, 2.75) is 27.7 Å². The van der Waals surface area contributed by atoms with Crippen LogP contribution in [0.1, 0.15) is 56.8 Å². The van der Waals surface area contributed by atoms with Gasteiger partial charge in [-0.25, -0.2) is 39.9 Å². The SMILES string of the molecule is CC#N.CNc1c(-c2nc3ccc(OC)cc3n2C)nc2cc(C#N)ccn12.COc1ccc2c(c1)nc(C)n2C.COc1ccc2c(c1)nc(C=O)n2C.COc1ccc2nc(C)[nH]c2c1.COc1ccc2nc(C)n(C)c2c1.COc1ccc2nc(C=O)n(C)c2c1.N#Cc1ccnc(N)c1. The van der Waals surface area contributed by atoms with Gasteiger partial charge in [0.25, 0.3) is 0 Å². The summed E-state index contributed by atoms with van der Waals surface area (Å²) in [5.74, 6) is 10.6. The summed E-state index contributed by atoms with van der Waals surface area (Å²) < 4.78 is 42.3. The third-order valence-corrected chi connectivity index (χ3v) is 16.1. The fourth-order valence-corrected chi connectivity index (χ4v) is 10.5. The number of ether oxygens (including phenoxy) is 6. The van der Waals surface area contributed by atoms with Crippen molar-refractivity contribution in [1.29, 1.82) is 15.8 Å². The Morgan fingerprint density at radius 1 is 0.466 bits per heavy atom. The minimum absolute atomic E-state index is 0.383. The number of rotatable bonds is 10. The fraction of sp³-hybridized carbons (Fsp3) is 0.213. The molecule has 0 amide bonds. The van der Waals surface area contributed by atoms with Gasteiger partial charge in [0.2, 0.25) is 0 Å². The summed E-state index contributed by atoms with van der Waals surface area (Å²) in [5, 5.41) is 27.9. The first kappa shape index (κ1) is 75.0. The Morgan fingerprint density at radius 2 is 0.883 bits per heavy atom. The number of nitrogens with two attached hydrogens (primary N) is 1. The van der Waals surface area contributed by atoms with Crippen molar-refractivity contribution in [2.24, 2.45) is 35.2 Å². The molecule has 526 valence electrons. The number of nitrogen functional groups attached to an aromatic ring is 1. The summed E-state index contributed by atoms with van der Waals surface area (Å²) in [4.78, 5) is 58.9. The summed E-state index contributed by atoms with van der Waals surface area (Å²) >= 11 is 0. The number of aldehydes is 2. The molecule has 0 fully saturated rings. The first-order valence-electron chi connectivity index (χ1n) is 31.5. The van der Waals surface area contributed by atoms with E-state index < -0.39 is 0 Å². The van der Waals surface area contributed by atoms with Crippen molar-refractivity contribution >= 4 is 96.1 Å². The number of aromatic nitrogens is 15. The van der Waals surface area contributed by atoms with E-state index in [0.717, 1.165) is 148 Å². The Morgan fingerprint density at radius 3 is 1.39 bits per heavy atom. The quantitative estimate of drug-likeness (QED) is 0.107. The number of carbonyl (C=O) groups excluding carboxylic acids is 2. The molecule has 0 saturated carbocycles. The normalized spacial score (nSPS) is 10.2. The molecular weight excluding hydrogens is 1310 g/mol. The zero-order valence-electron chi connectivity index (χ0n) is 60.0. The van der Waals surface area contributed by atoms with Gasteiger partial charge in [-0.3, -0.25) is 14.0 Å². The van der Waals surface area contributed by atoms with Crippen LogP contribution in [-0.2, 0) is 35.2 Å². The van der Waals surface area contributed by atoms with Gasteiger partial charge in [0.15, 0.2) is 30.0 Å². The summed E-state index contributed by atoms with van der Waals surface area (Å²) in [6, 6.07) is 46.9.